The number of nitrogens with one attached hydrogen (secondary N) is 2. The molecule has 2 aliphatic rings. The quantitative estimate of drug-likeness (QED) is 0.853. The number of hydrazine groups is 1. The van der Waals surface area contributed by atoms with Crippen LogP contribution in [-0.2, 0) is 11.3 Å². The number of rotatable bonds is 2. The molecule has 2 atom stereocenters. The molecule has 2 aliphatic heterocycles. The van der Waals surface area contributed by atoms with Crippen LogP contribution in [0, 0.1) is 0 Å². The van der Waals surface area contributed by atoms with E-state index >= 15 is 0 Å². The summed E-state index contributed by atoms with van der Waals surface area (Å²) in [5.41, 5.74) is 9.92. The number of fused-ring (bicyclic) bond motifs is 1. The number of para-hydroxylation sites is 1. The summed E-state index contributed by atoms with van der Waals surface area (Å²) in [7, 11) is 2.08. The molecule has 26 heavy (non-hydrogen) atoms. The Balaban J connectivity index is 1.47. The molecule has 0 spiro atoms. The number of benzene rings is 2. The van der Waals surface area contributed by atoms with Gasteiger partial charge in [-0.15, -0.1) is 0 Å². The van der Waals surface area contributed by atoms with Crippen molar-refractivity contribution in [2.45, 2.75) is 25.0 Å². The molecule has 0 aromatic heterocycles. The van der Waals surface area contributed by atoms with Gasteiger partial charge in [0, 0.05) is 43.4 Å². The molecule has 6 heteroatoms. The largest absolute Gasteiger partial charge is 0.373 e. The summed E-state index contributed by atoms with van der Waals surface area (Å²) in [5, 5.41) is 0.714. The fourth-order valence-corrected chi connectivity index (χ4v) is 3.96. The van der Waals surface area contributed by atoms with Crippen molar-refractivity contribution in [2.24, 2.45) is 0 Å². The van der Waals surface area contributed by atoms with Crippen LogP contribution in [0.2, 0.25) is 5.02 Å². The monoisotopic (exact) mass is 370 g/mol. The maximum Gasteiger partial charge on any atom is 0.241 e. The molecule has 2 N–H and O–H groups in total. The molecule has 2 unspecified atom stereocenters. The van der Waals surface area contributed by atoms with Crippen molar-refractivity contribution in [1.82, 2.24) is 15.8 Å². The molecule has 0 aliphatic carbocycles. The number of likely N-dealkylation sites (N-methyl/N-ethyl adjacent to an activating group) is 1. The van der Waals surface area contributed by atoms with Gasteiger partial charge in [0.05, 0.1) is 0 Å². The van der Waals surface area contributed by atoms with Gasteiger partial charge in [-0.05, 0) is 35.7 Å². The van der Waals surface area contributed by atoms with Gasteiger partial charge < -0.3 is 9.80 Å². The Kier molecular flexibility index (Phi) is 4.85. The molecule has 136 valence electrons. The molecule has 1 fully saturated rings. The molecule has 0 saturated carbocycles. The second-order valence-electron chi connectivity index (χ2n) is 6.99. The lowest BCUT2D eigenvalue weighted by Gasteiger charge is -2.24. The van der Waals surface area contributed by atoms with Crippen molar-refractivity contribution in [2.75, 3.05) is 25.0 Å². The number of hydrogen-bond donors (Lipinski definition) is 2. The first-order chi connectivity index (χ1) is 12.6. The van der Waals surface area contributed by atoms with E-state index in [2.05, 4.69) is 34.9 Å². The molecule has 2 aromatic rings. The summed E-state index contributed by atoms with van der Waals surface area (Å²) in [6, 6.07) is 16.0. The highest BCUT2D eigenvalue weighted by Gasteiger charge is 2.34. The Morgan fingerprint density at radius 2 is 1.96 bits per heavy atom. The van der Waals surface area contributed by atoms with Crippen molar-refractivity contribution in [3.63, 3.8) is 0 Å². The summed E-state index contributed by atoms with van der Waals surface area (Å²) in [4.78, 5) is 17.3. The molecule has 2 heterocycles. The molecular formula is C20H23ClN4O. The van der Waals surface area contributed by atoms with Crippen LogP contribution in [0.15, 0.2) is 48.5 Å². The maximum atomic E-state index is 13.1. The molecule has 1 saturated heterocycles. The third-order valence-corrected chi connectivity index (χ3v) is 5.47. The fourth-order valence-electron chi connectivity index (χ4n) is 3.76. The number of nitrogens with zero attached hydrogens (tertiary/aromatic N) is 2. The van der Waals surface area contributed by atoms with Crippen LogP contribution in [0.1, 0.15) is 23.6 Å². The number of halogens is 1. The Morgan fingerprint density at radius 1 is 1.12 bits per heavy atom. The molecule has 4 rings (SSSR count). The van der Waals surface area contributed by atoms with Crippen LogP contribution in [0.5, 0.6) is 0 Å². The SMILES string of the molecule is CN1CCN(C(=O)C2CC(c3cccc(Cl)c3)NN2)Cc2ccccc21. The smallest absolute Gasteiger partial charge is 0.241 e. The second-order valence-corrected chi connectivity index (χ2v) is 7.43. The molecule has 0 bridgehead atoms. The predicted octanol–water partition coefficient (Wildman–Crippen LogP) is 2.73. The van der Waals surface area contributed by atoms with Gasteiger partial charge >= 0.3 is 0 Å². The first-order valence-electron chi connectivity index (χ1n) is 8.96. The van der Waals surface area contributed by atoms with Crippen molar-refractivity contribution < 1.29 is 4.79 Å². The van der Waals surface area contributed by atoms with E-state index in [-0.39, 0.29) is 18.0 Å². The standard InChI is InChI=1S/C20H23ClN4O/c1-24-9-10-25(13-15-5-2-3-8-19(15)24)20(26)18-12-17(22-23-18)14-6-4-7-16(21)11-14/h2-8,11,17-18,22-23H,9-10,12-13H2,1H3. The van der Waals surface area contributed by atoms with E-state index in [4.69, 9.17) is 11.6 Å². The number of amides is 1. The van der Waals surface area contributed by atoms with Gasteiger partial charge in [-0.3, -0.25) is 4.79 Å². The van der Waals surface area contributed by atoms with Crippen molar-refractivity contribution in [1.29, 1.82) is 0 Å². The molecule has 0 radical (unpaired) electrons. The average Bonchev–Trinajstić information content (AvgIpc) is 3.08. The van der Waals surface area contributed by atoms with Gasteiger partial charge in [-0.1, -0.05) is 41.9 Å². The van der Waals surface area contributed by atoms with Gasteiger partial charge in [-0.25, -0.2) is 10.9 Å². The zero-order valence-electron chi connectivity index (χ0n) is 14.8. The predicted molar refractivity (Wildman–Crippen MR) is 104 cm³/mol. The van der Waals surface area contributed by atoms with Crippen molar-refractivity contribution in [3.05, 3.63) is 64.7 Å². The molecule has 5 nitrogen and oxygen atoms in total. The van der Waals surface area contributed by atoms with Gasteiger partial charge in [0.15, 0.2) is 0 Å². The molecular weight excluding hydrogens is 348 g/mol. The van der Waals surface area contributed by atoms with E-state index in [1.807, 2.05) is 41.3 Å². The zero-order valence-corrected chi connectivity index (χ0v) is 15.5. The van der Waals surface area contributed by atoms with Crippen LogP contribution in [0.3, 0.4) is 0 Å². The highest BCUT2D eigenvalue weighted by Crippen LogP contribution is 2.27. The minimum absolute atomic E-state index is 0.0876. The topological polar surface area (TPSA) is 47.6 Å². The van der Waals surface area contributed by atoms with Gasteiger partial charge in [0.1, 0.15) is 6.04 Å². The highest BCUT2D eigenvalue weighted by molar-refractivity contribution is 6.30. The first-order valence-corrected chi connectivity index (χ1v) is 9.34. The van der Waals surface area contributed by atoms with E-state index in [9.17, 15) is 4.79 Å². The first kappa shape index (κ1) is 17.3. The molecule has 1 amide bonds. The number of anilines is 1. The lowest BCUT2D eigenvalue weighted by Crippen LogP contribution is -2.46. The van der Waals surface area contributed by atoms with E-state index in [1.54, 1.807) is 0 Å². The van der Waals surface area contributed by atoms with Gasteiger partial charge in [0.25, 0.3) is 0 Å². The zero-order chi connectivity index (χ0) is 18.1. The maximum absolute atomic E-state index is 13.1. The lowest BCUT2D eigenvalue weighted by molar-refractivity contribution is -0.133. The average molecular weight is 371 g/mol. The van der Waals surface area contributed by atoms with E-state index < -0.39 is 0 Å². The Morgan fingerprint density at radius 3 is 2.81 bits per heavy atom. The normalized spacial score (nSPS) is 22.8. The Labute approximate surface area is 158 Å². The van der Waals surface area contributed by atoms with E-state index in [1.165, 1.54) is 11.3 Å². The third kappa shape index (κ3) is 3.43. The van der Waals surface area contributed by atoms with E-state index in [0.29, 0.717) is 18.0 Å². The minimum Gasteiger partial charge on any atom is -0.373 e. The second kappa shape index (κ2) is 7.27. The summed E-state index contributed by atoms with van der Waals surface area (Å²) in [5.74, 6) is 0.145. The summed E-state index contributed by atoms with van der Waals surface area (Å²) >= 11 is 6.10. The van der Waals surface area contributed by atoms with Crippen LogP contribution in [-0.4, -0.2) is 37.0 Å². The summed E-state index contributed by atoms with van der Waals surface area (Å²) in [6.45, 7) is 2.21. The minimum atomic E-state index is -0.227. The van der Waals surface area contributed by atoms with Crippen LogP contribution >= 0.6 is 11.6 Å². The van der Waals surface area contributed by atoms with Crippen LogP contribution in [0.4, 0.5) is 5.69 Å². The van der Waals surface area contributed by atoms with Crippen molar-refractivity contribution in [3.8, 4) is 0 Å². The molecule has 2 aromatic carbocycles. The number of carbonyl (C=O) groups is 1. The third-order valence-electron chi connectivity index (χ3n) is 5.23. The number of hydrogen-bond acceptors (Lipinski definition) is 4. The van der Waals surface area contributed by atoms with Gasteiger partial charge in [-0.2, -0.15) is 0 Å². The number of carbonyl (C=O) groups excluding carboxylic acids is 1. The summed E-state index contributed by atoms with van der Waals surface area (Å²) in [6.07, 6.45) is 0.715. The summed E-state index contributed by atoms with van der Waals surface area (Å²) < 4.78 is 0. The van der Waals surface area contributed by atoms with Crippen LogP contribution < -0.4 is 15.8 Å². The lowest BCUT2D eigenvalue weighted by atomic mass is 10.0. The highest BCUT2D eigenvalue weighted by atomic mass is 35.5. The van der Waals surface area contributed by atoms with Gasteiger partial charge in [0.2, 0.25) is 5.91 Å². The Hall–Kier alpha value is -2.08. The Bertz CT molecular complexity index is 812. The fraction of sp³-hybridized carbons (Fsp3) is 0.350. The van der Waals surface area contributed by atoms with Crippen LogP contribution in [0.25, 0.3) is 0 Å². The van der Waals surface area contributed by atoms with E-state index in [0.717, 1.165) is 18.7 Å². The van der Waals surface area contributed by atoms with Crippen molar-refractivity contribution >= 4 is 23.2 Å².